The van der Waals surface area contributed by atoms with Gasteiger partial charge in [0.05, 0.1) is 17.1 Å². The van der Waals surface area contributed by atoms with Crippen molar-refractivity contribution in [2.45, 2.75) is 44.1 Å². The first-order valence-corrected chi connectivity index (χ1v) is 7.31. The first-order valence-electron chi connectivity index (χ1n) is 5.38. The van der Waals surface area contributed by atoms with Crippen LogP contribution in [0, 0.1) is 0 Å². The van der Waals surface area contributed by atoms with Crippen LogP contribution in [0.25, 0.3) is 0 Å². The minimum absolute atomic E-state index is 0.147. The van der Waals surface area contributed by atoms with Crippen LogP contribution in [0.1, 0.15) is 37.4 Å². The van der Waals surface area contributed by atoms with Gasteiger partial charge in [0.1, 0.15) is 0 Å². The topological polar surface area (TPSA) is 50.2 Å². The van der Waals surface area contributed by atoms with Crippen molar-refractivity contribution < 1.29 is 9.90 Å². The third kappa shape index (κ3) is 4.99. The summed E-state index contributed by atoms with van der Waals surface area (Å²) in [7, 11) is 0. The Labute approximate surface area is 104 Å². The molecule has 1 heterocycles. The third-order valence-electron chi connectivity index (χ3n) is 2.04. The first-order chi connectivity index (χ1) is 7.61. The maximum absolute atomic E-state index is 10.5. The van der Waals surface area contributed by atoms with Crippen LogP contribution >= 0.6 is 23.1 Å². The Morgan fingerprint density at radius 1 is 1.69 bits per heavy atom. The number of rotatable bonds is 7. The van der Waals surface area contributed by atoms with Crippen molar-refractivity contribution in [2.75, 3.05) is 0 Å². The molecule has 0 fully saturated rings. The zero-order valence-corrected chi connectivity index (χ0v) is 11.2. The summed E-state index contributed by atoms with van der Waals surface area (Å²) >= 11 is 3.35. The highest BCUT2D eigenvalue weighted by Crippen LogP contribution is 2.21. The van der Waals surface area contributed by atoms with Gasteiger partial charge in [-0.3, -0.25) is 4.79 Å². The van der Waals surface area contributed by atoms with Crippen LogP contribution in [-0.2, 0) is 17.0 Å². The quantitative estimate of drug-likeness (QED) is 0.817. The molecule has 0 aliphatic rings. The monoisotopic (exact) mass is 259 g/mol. The number of carbonyl (C=O) groups is 1. The molecule has 1 rings (SSSR count). The zero-order valence-electron chi connectivity index (χ0n) is 9.60. The van der Waals surface area contributed by atoms with E-state index in [4.69, 9.17) is 5.11 Å². The number of nitrogens with zero attached hydrogens (tertiary/aromatic N) is 1. The summed E-state index contributed by atoms with van der Waals surface area (Å²) in [5.74, 6) is 0.0826. The Bertz CT molecular complexity index is 338. The van der Waals surface area contributed by atoms with E-state index in [1.807, 2.05) is 6.92 Å². The van der Waals surface area contributed by atoms with Gasteiger partial charge in [-0.25, -0.2) is 4.98 Å². The van der Waals surface area contributed by atoms with Crippen LogP contribution in [0.2, 0.25) is 0 Å². The molecule has 0 bridgehead atoms. The Hall–Kier alpha value is -0.550. The van der Waals surface area contributed by atoms with Gasteiger partial charge in [0, 0.05) is 16.4 Å². The van der Waals surface area contributed by atoms with Gasteiger partial charge in [-0.1, -0.05) is 13.8 Å². The van der Waals surface area contributed by atoms with Gasteiger partial charge < -0.3 is 5.11 Å². The van der Waals surface area contributed by atoms with E-state index in [9.17, 15) is 4.79 Å². The number of hydrogen-bond acceptors (Lipinski definition) is 4. The lowest BCUT2D eigenvalue weighted by Crippen LogP contribution is -2.05. The molecule has 5 heteroatoms. The molecule has 0 amide bonds. The van der Waals surface area contributed by atoms with Crippen molar-refractivity contribution >= 4 is 29.1 Å². The molecule has 90 valence electrons. The Balaban J connectivity index is 2.33. The van der Waals surface area contributed by atoms with E-state index in [1.165, 1.54) is 5.01 Å². The maximum Gasteiger partial charge on any atom is 0.304 e. The molecular weight excluding hydrogens is 242 g/mol. The Kier molecular flexibility index (Phi) is 5.84. The summed E-state index contributed by atoms with van der Waals surface area (Å²) in [6.45, 7) is 4.09. The van der Waals surface area contributed by atoms with Crippen molar-refractivity contribution in [1.29, 1.82) is 0 Å². The van der Waals surface area contributed by atoms with Gasteiger partial charge in [0.25, 0.3) is 0 Å². The standard InChI is InChI=1S/C11H17NO2S2/c1-3-4-10-12-9(7-16-10)6-15-8(2)5-11(13)14/h7-8H,3-6H2,1-2H3,(H,13,14). The molecule has 0 aromatic carbocycles. The predicted molar refractivity (Wildman–Crippen MR) is 69.1 cm³/mol. The smallest absolute Gasteiger partial charge is 0.304 e. The first kappa shape index (κ1) is 13.5. The highest BCUT2D eigenvalue weighted by atomic mass is 32.2. The molecule has 0 aliphatic heterocycles. The number of carboxylic acids is 1. The van der Waals surface area contributed by atoms with Crippen molar-refractivity contribution in [2.24, 2.45) is 0 Å². The highest BCUT2D eigenvalue weighted by Gasteiger charge is 2.09. The number of carboxylic acid groups (broad SMARTS) is 1. The fourth-order valence-electron chi connectivity index (χ4n) is 1.28. The van der Waals surface area contributed by atoms with Gasteiger partial charge in [-0.15, -0.1) is 11.3 Å². The highest BCUT2D eigenvalue weighted by molar-refractivity contribution is 7.99. The van der Waals surface area contributed by atoms with Gasteiger partial charge in [-0.2, -0.15) is 11.8 Å². The van der Waals surface area contributed by atoms with Crippen molar-refractivity contribution in [1.82, 2.24) is 4.98 Å². The molecule has 1 N–H and O–H groups in total. The molecule has 3 nitrogen and oxygen atoms in total. The normalized spacial score (nSPS) is 12.6. The van der Waals surface area contributed by atoms with Crippen LogP contribution in [0.5, 0.6) is 0 Å². The van der Waals surface area contributed by atoms with E-state index in [0.717, 1.165) is 24.3 Å². The van der Waals surface area contributed by atoms with Crippen LogP contribution in [0.4, 0.5) is 0 Å². The lowest BCUT2D eigenvalue weighted by molar-refractivity contribution is -0.136. The molecular formula is C11H17NO2S2. The Morgan fingerprint density at radius 2 is 2.44 bits per heavy atom. The molecule has 0 saturated carbocycles. The summed E-state index contributed by atoms with van der Waals surface area (Å²) in [5.41, 5.74) is 1.08. The number of thiazole rings is 1. The van der Waals surface area contributed by atoms with E-state index in [2.05, 4.69) is 17.3 Å². The number of aryl methyl sites for hydroxylation is 1. The fraction of sp³-hybridized carbons (Fsp3) is 0.636. The van der Waals surface area contributed by atoms with Crippen LogP contribution in [0.15, 0.2) is 5.38 Å². The van der Waals surface area contributed by atoms with E-state index in [-0.39, 0.29) is 11.7 Å². The molecule has 1 atom stereocenters. The molecule has 0 saturated heterocycles. The Morgan fingerprint density at radius 3 is 3.06 bits per heavy atom. The molecule has 1 aromatic heterocycles. The number of aliphatic carboxylic acids is 1. The molecule has 0 spiro atoms. The molecule has 0 radical (unpaired) electrons. The minimum Gasteiger partial charge on any atom is -0.481 e. The summed E-state index contributed by atoms with van der Waals surface area (Å²) < 4.78 is 0. The molecule has 1 aromatic rings. The fourth-order valence-corrected chi connectivity index (χ4v) is 3.15. The predicted octanol–water partition coefficient (Wildman–Crippen LogP) is 3.19. The summed E-state index contributed by atoms with van der Waals surface area (Å²) in [6, 6.07) is 0. The van der Waals surface area contributed by atoms with Crippen molar-refractivity contribution in [3.63, 3.8) is 0 Å². The third-order valence-corrected chi connectivity index (χ3v) is 4.20. The zero-order chi connectivity index (χ0) is 12.0. The second kappa shape index (κ2) is 6.91. The summed E-state index contributed by atoms with van der Waals surface area (Å²) in [6.07, 6.45) is 2.38. The number of aromatic nitrogens is 1. The van der Waals surface area contributed by atoms with E-state index >= 15 is 0 Å². The van der Waals surface area contributed by atoms with E-state index < -0.39 is 5.97 Å². The largest absolute Gasteiger partial charge is 0.481 e. The second-order valence-corrected chi connectivity index (χ2v) is 6.07. The van der Waals surface area contributed by atoms with Crippen LogP contribution in [-0.4, -0.2) is 21.3 Å². The summed E-state index contributed by atoms with van der Waals surface area (Å²) in [4.78, 5) is 15.0. The average Bonchev–Trinajstić information content (AvgIpc) is 2.62. The average molecular weight is 259 g/mol. The van der Waals surface area contributed by atoms with Gasteiger partial charge in [-0.05, 0) is 12.8 Å². The van der Waals surface area contributed by atoms with Crippen LogP contribution in [0.3, 0.4) is 0 Å². The van der Waals surface area contributed by atoms with Gasteiger partial charge >= 0.3 is 5.97 Å². The van der Waals surface area contributed by atoms with E-state index in [1.54, 1.807) is 23.1 Å². The molecule has 16 heavy (non-hydrogen) atoms. The minimum atomic E-state index is -0.732. The molecule has 0 aliphatic carbocycles. The van der Waals surface area contributed by atoms with Gasteiger partial charge in [0.15, 0.2) is 0 Å². The second-order valence-electron chi connectivity index (χ2n) is 3.70. The number of thioether (sulfide) groups is 1. The lowest BCUT2D eigenvalue weighted by Gasteiger charge is -2.06. The number of hydrogen-bond donors (Lipinski definition) is 1. The summed E-state index contributed by atoms with van der Waals surface area (Å²) in [5, 5.41) is 12.0. The molecule has 1 unspecified atom stereocenters. The van der Waals surface area contributed by atoms with Crippen molar-refractivity contribution in [3.8, 4) is 0 Å². The SMILES string of the molecule is CCCc1nc(CSC(C)CC(=O)O)cs1. The van der Waals surface area contributed by atoms with Crippen molar-refractivity contribution in [3.05, 3.63) is 16.1 Å². The van der Waals surface area contributed by atoms with E-state index in [0.29, 0.717) is 0 Å². The van der Waals surface area contributed by atoms with Crippen LogP contribution < -0.4 is 0 Å². The maximum atomic E-state index is 10.5. The lowest BCUT2D eigenvalue weighted by atomic mass is 10.3. The van der Waals surface area contributed by atoms with Gasteiger partial charge in [0.2, 0.25) is 0 Å².